The number of aromatic nitrogens is 2. The fourth-order valence-electron chi connectivity index (χ4n) is 4.33. The number of hydrogen-bond acceptors (Lipinski definition) is 5. The second kappa shape index (κ2) is 8.94. The lowest BCUT2D eigenvalue weighted by atomic mass is 9.97. The fraction of sp³-hybridized carbons (Fsp3) is 0.192. The molecule has 0 saturated heterocycles. The number of nitrogens with one attached hydrogen (secondary N) is 2. The highest BCUT2D eigenvalue weighted by Crippen LogP contribution is 2.31. The van der Waals surface area contributed by atoms with Crippen LogP contribution in [0.3, 0.4) is 0 Å². The highest BCUT2D eigenvalue weighted by Gasteiger charge is 2.26. The predicted molar refractivity (Wildman–Crippen MR) is 135 cm³/mol. The maximum Gasteiger partial charge on any atom is 0.232 e. The number of nitrogens with zero attached hydrogens (tertiary/aromatic N) is 2. The summed E-state index contributed by atoms with van der Waals surface area (Å²) < 4.78 is 56.2. The van der Waals surface area contributed by atoms with E-state index in [1.165, 1.54) is 6.20 Å². The van der Waals surface area contributed by atoms with Gasteiger partial charge in [0.15, 0.2) is 5.82 Å². The molecule has 0 radical (unpaired) electrons. The van der Waals surface area contributed by atoms with Gasteiger partial charge in [0.25, 0.3) is 0 Å². The van der Waals surface area contributed by atoms with Crippen LogP contribution in [0.15, 0.2) is 53.8 Å². The molecule has 0 amide bonds. The normalized spacial score (nSPS) is 13.1. The van der Waals surface area contributed by atoms with Crippen molar-refractivity contribution >= 4 is 38.2 Å². The van der Waals surface area contributed by atoms with E-state index < -0.39 is 38.7 Å². The van der Waals surface area contributed by atoms with Crippen LogP contribution in [0.1, 0.15) is 47.3 Å². The number of aliphatic imine (C=N–C) groups is 1. The van der Waals surface area contributed by atoms with Gasteiger partial charge < -0.3 is 4.98 Å². The van der Waals surface area contributed by atoms with Gasteiger partial charge in [0.1, 0.15) is 11.5 Å². The van der Waals surface area contributed by atoms with Crippen molar-refractivity contribution in [3.05, 3.63) is 82.7 Å². The largest absolute Gasteiger partial charge is 0.345 e. The van der Waals surface area contributed by atoms with Crippen LogP contribution < -0.4 is 4.72 Å². The maximum absolute atomic E-state index is 15.2. The number of sulfonamides is 1. The Bertz CT molecular complexity index is 1680. The zero-order valence-corrected chi connectivity index (χ0v) is 20.3. The summed E-state index contributed by atoms with van der Waals surface area (Å²) in [5, 5.41) is 0.388. The minimum Gasteiger partial charge on any atom is -0.345 e. The van der Waals surface area contributed by atoms with Gasteiger partial charge in [-0.05, 0) is 48.7 Å². The summed E-state index contributed by atoms with van der Waals surface area (Å²) in [4.78, 5) is 25.0. The van der Waals surface area contributed by atoms with Crippen molar-refractivity contribution in [1.29, 1.82) is 0 Å². The number of rotatable bonds is 7. The highest BCUT2D eigenvalue weighted by atomic mass is 32.2. The van der Waals surface area contributed by atoms with E-state index in [0.29, 0.717) is 24.0 Å². The highest BCUT2D eigenvalue weighted by molar-refractivity contribution is 7.92. The van der Waals surface area contributed by atoms with Gasteiger partial charge in [0.05, 0.1) is 23.5 Å². The van der Waals surface area contributed by atoms with Gasteiger partial charge in [-0.25, -0.2) is 22.2 Å². The molecule has 1 aliphatic heterocycles. The van der Waals surface area contributed by atoms with Gasteiger partial charge in [-0.3, -0.25) is 14.5 Å². The van der Waals surface area contributed by atoms with Crippen molar-refractivity contribution in [1.82, 2.24) is 9.97 Å². The fourth-order valence-corrected chi connectivity index (χ4v) is 5.46. The van der Waals surface area contributed by atoms with E-state index in [1.54, 1.807) is 19.2 Å². The van der Waals surface area contributed by atoms with E-state index >= 15 is 4.39 Å². The van der Waals surface area contributed by atoms with Crippen molar-refractivity contribution in [2.45, 2.75) is 26.8 Å². The van der Waals surface area contributed by atoms with Crippen LogP contribution in [-0.4, -0.2) is 35.6 Å². The summed E-state index contributed by atoms with van der Waals surface area (Å²) in [5.41, 5.74) is 3.77. The third-order valence-electron chi connectivity index (χ3n) is 6.15. The predicted octanol–water partition coefficient (Wildman–Crippen LogP) is 5.21. The summed E-state index contributed by atoms with van der Waals surface area (Å²) in [5.74, 6) is -3.53. The smallest absolute Gasteiger partial charge is 0.232 e. The van der Waals surface area contributed by atoms with Gasteiger partial charge >= 0.3 is 0 Å². The first-order chi connectivity index (χ1) is 17.2. The lowest BCUT2D eigenvalue weighted by Crippen LogP contribution is -2.18. The van der Waals surface area contributed by atoms with Gasteiger partial charge in [-0.2, -0.15) is 0 Å². The Labute approximate surface area is 206 Å². The molecule has 3 heterocycles. The molecule has 1 aliphatic rings. The molecule has 184 valence electrons. The van der Waals surface area contributed by atoms with Crippen molar-refractivity contribution in [2.24, 2.45) is 4.99 Å². The summed E-state index contributed by atoms with van der Waals surface area (Å²) in [6, 6.07) is 9.50. The third kappa shape index (κ3) is 4.17. The summed E-state index contributed by atoms with van der Waals surface area (Å²) in [6.45, 7) is 4.24. The molecule has 7 nitrogen and oxygen atoms in total. The average Bonchev–Trinajstić information content (AvgIpc) is 3.43. The number of H-pyrrole nitrogens is 1. The topological polar surface area (TPSA) is 104 Å². The molecule has 2 aromatic carbocycles. The van der Waals surface area contributed by atoms with E-state index in [-0.39, 0.29) is 11.3 Å². The zero-order valence-electron chi connectivity index (χ0n) is 19.5. The van der Waals surface area contributed by atoms with Crippen LogP contribution in [0, 0.1) is 11.6 Å². The van der Waals surface area contributed by atoms with Gasteiger partial charge in [-0.15, -0.1) is 0 Å². The van der Waals surface area contributed by atoms with E-state index in [9.17, 15) is 17.6 Å². The Hall–Kier alpha value is -3.92. The molecule has 4 aromatic rings. The van der Waals surface area contributed by atoms with E-state index in [0.717, 1.165) is 40.1 Å². The number of aromatic amines is 1. The van der Waals surface area contributed by atoms with Crippen LogP contribution >= 0.6 is 0 Å². The Balaban J connectivity index is 1.56. The molecule has 0 bridgehead atoms. The van der Waals surface area contributed by atoms with Crippen LogP contribution in [0.2, 0.25) is 0 Å². The second-order valence-electron chi connectivity index (χ2n) is 8.63. The van der Waals surface area contributed by atoms with E-state index in [1.807, 2.05) is 25.1 Å². The monoisotopic (exact) mass is 508 g/mol. The quantitative estimate of drug-likeness (QED) is 0.334. The first-order valence-electron chi connectivity index (χ1n) is 11.3. The first kappa shape index (κ1) is 23.8. The van der Waals surface area contributed by atoms with E-state index in [2.05, 4.69) is 19.7 Å². The maximum atomic E-state index is 15.2. The lowest BCUT2D eigenvalue weighted by molar-refractivity contribution is 0.103. The van der Waals surface area contributed by atoms with Gasteiger partial charge in [0.2, 0.25) is 15.8 Å². The SMILES string of the molecule is CCCS(=O)(=O)Nc1ccc(F)c(C(=O)c2c[nH]c3ncc(-c4ccc5c(c4)C(C)=NC5)cc23)c1F. The molecule has 5 rings (SSSR count). The van der Waals surface area contributed by atoms with Crippen LogP contribution in [0.25, 0.3) is 22.2 Å². The minimum atomic E-state index is -3.84. The van der Waals surface area contributed by atoms with Crippen molar-refractivity contribution in [3.63, 3.8) is 0 Å². The summed E-state index contributed by atoms with van der Waals surface area (Å²) in [6.07, 6.45) is 3.31. The van der Waals surface area contributed by atoms with Crippen LogP contribution in [-0.2, 0) is 16.6 Å². The Morgan fingerprint density at radius 2 is 1.94 bits per heavy atom. The van der Waals surface area contributed by atoms with E-state index in [4.69, 9.17) is 0 Å². The Morgan fingerprint density at radius 1 is 1.14 bits per heavy atom. The second-order valence-corrected chi connectivity index (χ2v) is 10.5. The molecule has 10 heteroatoms. The molecule has 0 atom stereocenters. The molecule has 0 fully saturated rings. The molecule has 2 N–H and O–H groups in total. The molecule has 0 saturated carbocycles. The number of fused-ring (bicyclic) bond motifs is 2. The van der Waals surface area contributed by atoms with Crippen molar-refractivity contribution in [3.8, 4) is 11.1 Å². The number of halogens is 2. The summed E-state index contributed by atoms with van der Waals surface area (Å²) >= 11 is 0. The number of hydrogen-bond donors (Lipinski definition) is 2. The molecule has 36 heavy (non-hydrogen) atoms. The minimum absolute atomic E-state index is 0.0182. The van der Waals surface area contributed by atoms with Gasteiger partial charge in [-0.1, -0.05) is 19.1 Å². The molecular weight excluding hydrogens is 486 g/mol. The Morgan fingerprint density at radius 3 is 2.72 bits per heavy atom. The number of ketones is 1. The number of carbonyl (C=O) groups is 1. The number of benzene rings is 2. The molecule has 2 aromatic heterocycles. The molecule has 0 aliphatic carbocycles. The molecular formula is C26H22F2N4O3S. The summed E-state index contributed by atoms with van der Waals surface area (Å²) in [7, 11) is -3.84. The number of carbonyl (C=O) groups excluding carboxylic acids is 1. The van der Waals surface area contributed by atoms with Gasteiger partial charge in [0, 0.05) is 40.2 Å². The van der Waals surface area contributed by atoms with Crippen molar-refractivity contribution < 1.29 is 22.0 Å². The molecule has 0 unspecified atom stereocenters. The van der Waals surface area contributed by atoms with Crippen LogP contribution in [0.5, 0.6) is 0 Å². The average molecular weight is 509 g/mol. The number of anilines is 1. The zero-order chi connectivity index (χ0) is 25.6. The van der Waals surface area contributed by atoms with Crippen LogP contribution in [0.4, 0.5) is 14.5 Å². The third-order valence-corrected chi connectivity index (χ3v) is 7.63. The standard InChI is InChI=1S/C26H22F2N4O3S/c1-3-8-36(34,35)32-22-7-6-21(27)23(24(22)28)25(33)20-13-31-26-19(20)10-17(12-30-26)15-4-5-16-11-29-14(2)18(16)9-15/h4-7,9-10,12-13,32H,3,8,11H2,1-2H3,(H,30,31). The number of pyridine rings is 1. The first-order valence-corrected chi connectivity index (χ1v) is 13.0. The molecule has 0 spiro atoms. The Kier molecular flexibility index (Phi) is 5.91. The lowest BCUT2D eigenvalue weighted by Gasteiger charge is -2.11. The van der Waals surface area contributed by atoms with Crippen molar-refractivity contribution in [2.75, 3.05) is 10.5 Å².